The summed E-state index contributed by atoms with van der Waals surface area (Å²) in [5.41, 5.74) is 0.948. The maximum atomic E-state index is 4.43. The molecule has 0 spiro atoms. The summed E-state index contributed by atoms with van der Waals surface area (Å²) >= 11 is 1.37. The van der Waals surface area contributed by atoms with Gasteiger partial charge in [0.05, 0.1) is 0 Å². The number of aromatic nitrogens is 4. The standard InChI is InChI=1S/C11H17N5S/c1-3-5-12-10(9-8-17-15-14-9)11-13-6-7-16(11)4-2/h6-8,10,12H,3-5H2,1-2H3. The normalized spacial score (nSPS) is 12.8. The molecule has 0 aliphatic carbocycles. The van der Waals surface area contributed by atoms with Crippen LogP contribution in [0, 0.1) is 0 Å². The van der Waals surface area contributed by atoms with Gasteiger partial charge in [-0.3, -0.25) is 0 Å². The van der Waals surface area contributed by atoms with Crippen LogP contribution in [0.2, 0.25) is 0 Å². The first-order valence-corrected chi connectivity index (χ1v) is 6.71. The van der Waals surface area contributed by atoms with Gasteiger partial charge in [0, 0.05) is 24.3 Å². The molecule has 0 bridgehead atoms. The lowest BCUT2D eigenvalue weighted by molar-refractivity contribution is 0.531. The van der Waals surface area contributed by atoms with Gasteiger partial charge in [0.2, 0.25) is 0 Å². The molecule has 1 N–H and O–H groups in total. The average molecular weight is 251 g/mol. The molecule has 0 aliphatic heterocycles. The van der Waals surface area contributed by atoms with E-state index in [1.807, 2.05) is 17.8 Å². The third-order valence-electron chi connectivity index (χ3n) is 2.62. The van der Waals surface area contributed by atoms with Gasteiger partial charge in [-0.15, -0.1) is 5.10 Å². The van der Waals surface area contributed by atoms with E-state index in [1.54, 1.807) is 0 Å². The molecule has 92 valence electrons. The Morgan fingerprint density at radius 1 is 1.47 bits per heavy atom. The van der Waals surface area contributed by atoms with Crippen LogP contribution in [0.25, 0.3) is 0 Å². The number of hydrogen-bond acceptors (Lipinski definition) is 5. The fraction of sp³-hybridized carbons (Fsp3) is 0.545. The van der Waals surface area contributed by atoms with E-state index < -0.39 is 0 Å². The molecule has 1 unspecified atom stereocenters. The van der Waals surface area contributed by atoms with Crippen LogP contribution in [-0.4, -0.2) is 25.7 Å². The molecule has 0 saturated carbocycles. The Bertz CT molecular complexity index is 436. The minimum atomic E-state index is 0.0450. The monoisotopic (exact) mass is 251 g/mol. The van der Waals surface area contributed by atoms with Crippen LogP contribution in [0.5, 0.6) is 0 Å². The zero-order valence-corrected chi connectivity index (χ0v) is 10.9. The number of aryl methyl sites for hydroxylation is 1. The van der Waals surface area contributed by atoms with Crippen molar-refractivity contribution in [2.75, 3.05) is 6.54 Å². The van der Waals surface area contributed by atoms with Crippen LogP contribution in [0.4, 0.5) is 0 Å². The Kier molecular flexibility index (Phi) is 4.22. The summed E-state index contributed by atoms with van der Waals surface area (Å²) in [6.45, 7) is 6.12. The van der Waals surface area contributed by atoms with Crippen LogP contribution >= 0.6 is 11.5 Å². The highest BCUT2D eigenvalue weighted by atomic mass is 32.1. The first kappa shape index (κ1) is 12.2. The van der Waals surface area contributed by atoms with Crippen molar-refractivity contribution in [1.29, 1.82) is 0 Å². The second kappa shape index (κ2) is 5.88. The van der Waals surface area contributed by atoms with Crippen molar-refractivity contribution >= 4 is 11.5 Å². The third-order valence-corrected chi connectivity index (χ3v) is 3.14. The van der Waals surface area contributed by atoms with Gasteiger partial charge in [-0.1, -0.05) is 11.4 Å². The fourth-order valence-corrected chi connectivity index (χ4v) is 2.24. The minimum Gasteiger partial charge on any atom is -0.334 e. The van der Waals surface area contributed by atoms with Crippen LogP contribution in [0.15, 0.2) is 17.8 Å². The largest absolute Gasteiger partial charge is 0.334 e. The molecule has 2 heterocycles. The van der Waals surface area contributed by atoms with Crippen molar-refractivity contribution in [2.45, 2.75) is 32.9 Å². The van der Waals surface area contributed by atoms with E-state index in [0.29, 0.717) is 0 Å². The predicted octanol–water partition coefficient (Wildman–Crippen LogP) is 1.84. The molecule has 2 aromatic rings. The Morgan fingerprint density at radius 3 is 3.00 bits per heavy atom. The van der Waals surface area contributed by atoms with Gasteiger partial charge < -0.3 is 9.88 Å². The highest BCUT2D eigenvalue weighted by molar-refractivity contribution is 7.03. The van der Waals surface area contributed by atoms with Crippen molar-refractivity contribution in [3.8, 4) is 0 Å². The summed E-state index contributed by atoms with van der Waals surface area (Å²) in [6.07, 6.45) is 4.91. The average Bonchev–Trinajstić information content (AvgIpc) is 3.00. The minimum absolute atomic E-state index is 0.0450. The van der Waals surface area contributed by atoms with Gasteiger partial charge in [0.25, 0.3) is 0 Å². The van der Waals surface area contributed by atoms with Crippen molar-refractivity contribution in [1.82, 2.24) is 24.5 Å². The summed E-state index contributed by atoms with van der Waals surface area (Å²) in [7, 11) is 0. The highest BCUT2D eigenvalue weighted by Gasteiger charge is 2.20. The number of nitrogens with one attached hydrogen (secondary N) is 1. The number of hydrogen-bond donors (Lipinski definition) is 1. The predicted molar refractivity (Wildman–Crippen MR) is 67.9 cm³/mol. The maximum Gasteiger partial charge on any atom is 0.132 e. The van der Waals surface area contributed by atoms with E-state index >= 15 is 0 Å². The Morgan fingerprint density at radius 2 is 2.35 bits per heavy atom. The summed E-state index contributed by atoms with van der Waals surface area (Å²) in [5.74, 6) is 1.01. The summed E-state index contributed by atoms with van der Waals surface area (Å²) in [6, 6.07) is 0.0450. The van der Waals surface area contributed by atoms with E-state index in [2.05, 4.69) is 38.3 Å². The molecule has 6 heteroatoms. The highest BCUT2D eigenvalue weighted by Crippen LogP contribution is 2.19. The van der Waals surface area contributed by atoms with Gasteiger partial charge in [0.15, 0.2) is 0 Å². The van der Waals surface area contributed by atoms with Gasteiger partial charge in [-0.2, -0.15) is 0 Å². The molecule has 0 radical (unpaired) electrons. The van der Waals surface area contributed by atoms with E-state index in [-0.39, 0.29) is 6.04 Å². The number of rotatable bonds is 6. The molecule has 0 fully saturated rings. The van der Waals surface area contributed by atoms with Crippen molar-refractivity contribution in [2.24, 2.45) is 0 Å². The lowest BCUT2D eigenvalue weighted by Crippen LogP contribution is -2.26. The van der Waals surface area contributed by atoms with Crippen LogP contribution in [0.3, 0.4) is 0 Å². The quantitative estimate of drug-likeness (QED) is 0.851. The number of nitrogens with zero attached hydrogens (tertiary/aromatic N) is 4. The van der Waals surface area contributed by atoms with Crippen molar-refractivity contribution < 1.29 is 0 Å². The summed E-state index contributed by atoms with van der Waals surface area (Å²) in [4.78, 5) is 4.43. The summed E-state index contributed by atoms with van der Waals surface area (Å²) in [5, 5.41) is 9.60. The second-order valence-corrected chi connectivity index (χ2v) is 4.40. The first-order valence-electron chi connectivity index (χ1n) is 5.88. The Balaban J connectivity index is 2.27. The Hall–Kier alpha value is -1.27. The molecule has 0 saturated heterocycles. The van der Waals surface area contributed by atoms with Gasteiger partial charge in [0.1, 0.15) is 17.6 Å². The Labute approximate surface area is 105 Å². The molecule has 2 rings (SSSR count). The lowest BCUT2D eigenvalue weighted by Gasteiger charge is -2.16. The first-order chi connectivity index (χ1) is 8.36. The zero-order chi connectivity index (χ0) is 12.1. The third kappa shape index (κ3) is 2.70. The molecular formula is C11H17N5S. The summed E-state index contributed by atoms with van der Waals surface area (Å²) < 4.78 is 6.06. The molecule has 0 aliphatic rings. The second-order valence-electron chi connectivity index (χ2n) is 3.79. The van der Waals surface area contributed by atoms with E-state index in [9.17, 15) is 0 Å². The molecule has 5 nitrogen and oxygen atoms in total. The molecular weight excluding hydrogens is 234 g/mol. The van der Waals surface area contributed by atoms with Crippen LogP contribution < -0.4 is 5.32 Å². The van der Waals surface area contributed by atoms with E-state index in [4.69, 9.17) is 0 Å². The zero-order valence-electron chi connectivity index (χ0n) is 10.1. The molecule has 0 amide bonds. The van der Waals surface area contributed by atoms with Crippen molar-refractivity contribution in [3.05, 3.63) is 29.3 Å². The van der Waals surface area contributed by atoms with Gasteiger partial charge in [-0.25, -0.2) is 4.98 Å². The van der Waals surface area contributed by atoms with Crippen LogP contribution in [-0.2, 0) is 6.54 Å². The van der Waals surface area contributed by atoms with E-state index in [1.165, 1.54) is 11.5 Å². The molecule has 17 heavy (non-hydrogen) atoms. The molecule has 2 aromatic heterocycles. The lowest BCUT2D eigenvalue weighted by atomic mass is 10.2. The molecule has 1 atom stereocenters. The van der Waals surface area contributed by atoms with E-state index in [0.717, 1.165) is 31.0 Å². The molecule has 0 aromatic carbocycles. The maximum absolute atomic E-state index is 4.43. The topological polar surface area (TPSA) is 55.6 Å². The van der Waals surface area contributed by atoms with Gasteiger partial charge >= 0.3 is 0 Å². The van der Waals surface area contributed by atoms with Gasteiger partial charge in [-0.05, 0) is 31.4 Å². The fourth-order valence-electron chi connectivity index (χ4n) is 1.76. The SMILES string of the molecule is CCCNC(c1csnn1)c1nccn1CC. The van der Waals surface area contributed by atoms with Crippen molar-refractivity contribution in [3.63, 3.8) is 0 Å². The number of imidazole rings is 1. The van der Waals surface area contributed by atoms with Crippen LogP contribution in [0.1, 0.15) is 37.8 Å². The smallest absolute Gasteiger partial charge is 0.132 e.